The van der Waals surface area contributed by atoms with Crippen LogP contribution in [0.1, 0.15) is 0 Å². The number of nitrogens with one attached hydrogen (secondary N) is 1. The highest BCUT2D eigenvalue weighted by Gasteiger charge is 2.19. The average molecular weight is 511 g/mol. The molecular formula is C26H24Cl2N4O3. The van der Waals surface area contributed by atoms with Gasteiger partial charge in [0.25, 0.3) is 0 Å². The fourth-order valence-corrected chi connectivity index (χ4v) is 4.81. The summed E-state index contributed by atoms with van der Waals surface area (Å²) in [5, 5.41) is 6.15. The van der Waals surface area contributed by atoms with Crippen LogP contribution in [0.15, 0.2) is 54.9 Å². The molecule has 0 aliphatic carbocycles. The van der Waals surface area contributed by atoms with Gasteiger partial charge in [-0.2, -0.15) is 0 Å². The molecule has 0 bridgehead atoms. The van der Waals surface area contributed by atoms with Gasteiger partial charge in [0.1, 0.15) is 23.1 Å². The third-order valence-electron chi connectivity index (χ3n) is 5.94. The van der Waals surface area contributed by atoms with Crippen LogP contribution in [0.5, 0.6) is 11.5 Å². The van der Waals surface area contributed by atoms with Crippen molar-refractivity contribution in [3.05, 3.63) is 64.9 Å². The van der Waals surface area contributed by atoms with Crippen molar-refractivity contribution in [2.24, 2.45) is 0 Å². The number of benzene rings is 2. The number of fused-ring (bicyclic) bond motifs is 1. The number of anilines is 3. The van der Waals surface area contributed by atoms with Crippen molar-refractivity contribution in [3.8, 4) is 22.6 Å². The maximum atomic E-state index is 6.60. The van der Waals surface area contributed by atoms with Crippen LogP contribution in [0, 0.1) is 0 Å². The lowest BCUT2D eigenvalue weighted by Gasteiger charge is -2.27. The predicted molar refractivity (Wildman–Crippen MR) is 141 cm³/mol. The summed E-state index contributed by atoms with van der Waals surface area (Å²) in [6, 6.07) is 13.7. The monoisotopic (exact) mass is 510 g/mol. The van der Waals surface area contributed by atoms with Gasteiger partial charge in [-0.05, 0) is 35.2 Å². The Balaban J connectivity index is 1.40. The van der Waals surface area contributed by atoms with Gasteiger partial charge in [0.15, 0.2) is 0 Å². The molecule has 2 aromatic carbocycles. The Morgan fingerprint density at radius 2 is 1.60 bits per heavy atom. The molecule has 1 N–H and O–H groups in total. The molecule has 4 aromatic rings. The quantitative estimate of drug-likeness (QED) is 0.331. The number of nitrogens with zero attached hydrogens (tertiary/aromatic N) is 3. The van der Waals surface area contributed by atoms with Crippen LogP contribution < -0.4 is 19.7 Å². The number of aromatic nitrogens is 2. The number of rotatable bonds is 6. The van der Waals surface area contributed by atoms with E-state index in [0.29, 0.717) is 27.1 Å². The van der Waals surface area contributed by atoms with Crippen LogP contribution in [-0.4, -0.2) is 50.5 Å². The summed E-state index contributed by atoms with van der Waals surface area (Å²) >= 11 is 13.2. The van der Waals surface area contributed by atoms with Crippen LogP contribution in [0.4, 0.5) is 17.3 Å². The summed E-state index contributed by atoms with van der Waals surface area (Å²) in [4.78, 5) is 11.4. The van der Waals surface area contributed by atoms with Crippen molar-refractivity contribution < 1.29 is 14.2 Å². The number of halogens is 2. The van der Waals surface area contributed by atoms with E-state index in [9.17, 15) is 0 Å². The van der Waals surface area contributed by atoms with Crippen LogP contribution >= 0.6 is 23.2 Å². The standard InChI is InChI=1S/C26H24Cl2N4O3/c1-33-20-13-21(34-2)26(28)24(25(20)27)17-4-3-16-12-22(29-14-18(16)11-17)31-19-5-6-23(30-15-19)32-7-9-35-10-8-32/h3-6,11-15H,7-10H2,1-2H3,(H,29,31). The fourth-order valence-electron chi connectivity index (χ4n) is 4.09. The summed E-state index contributed by atoms with van der Waals surface area (Å²) in [7, 11) is 3.12. The third kappa shape index (κ3) is 4.80. The minimum atomic E-state index is 0.428. The molecule has 2 aromatic heterocycles. The maximum Gasteiger partial charge on any atom is 0.141 e. The van der Waals surface area contributed by atoms with E-state index in [4.69, 9.17) is 37.4 Å². The minimum absolute atomic E-state index is 0.428. The van der Waals surface area contributed by atoms with Gasteiger partial charge in [-0.15, -0.1) is 0 Å². The molecule has 0 atom stereocenters. The highest BCUT2D eigenvalue weighted by Crippen LogP contribution is 2.46. The topological polar surface area (TPSA) is 68.7 Å². The van der Waals surface area contributed by atoms with Crippen molar-refractivity contribution >= 4 is 51.3 Å². The second-order valence-electron chi connectivity index (χ2n) is 8.05. The molecule has 1 fully saturated rings. The molecule has 3 heterocycles. The highest BCUT2D eigenvalue weighted by atomic mass is 35.5. The van der Waals surface area contributed by atoms with Crippen LogP contribution in [0.25, 0.3) is 21.9 Å². The van der Waals surface area contributed by atoms with E-state index in [2.05, 4.69) is 20.2 Å². The lowest BCUT2D eigenvalue weighted by Crippen LogP contribution is -2.36. The molecule has 0 saturated carbocycles. The third-order valence-corrected chi connectivity index (χ3v) is 6.69. The number of morpholine rings is 1. The number of hydrogen-bond acceptors (Lipinski definition) is 7. The molecular weight excluding hydrogens is 487 g/mol. The van der Waals surface area contributed by atoms with E-state index in [1.165, 1.54) is 0 Å². The molecule has 1 saturated heterocycles. The van der Waals surface area contributed by atoms with E-state index in [-0.39, 0.29) is 0 Å². The molecule has 5 rings (SSSR count). The van der Waals surface area contributed by atoms with Gasteiger partial charge >= 0.3 is 0 Å². The van der Waals surface area contributed by atoms with Gasteiger partial charge in [-0.3, -0.25) is 0 Å². The maximum absolute atomic E-state index is 6.60. The summed E-state index contributed by atoms with van der Waals surface area (Å²) in [6.07, 6.45) is 3.63. The van der Waals surface area contributed by atoms with Crippen LogP contribution in [0.2, 0.25) is 10.0 Å². The summed E-state index contributed by atoms with van der Waals surface area (Å²) in [5.41, 5.74) is 2.36. The summed E-state index contributed by atoms with van der Waals surface area (Å²) < 4.78 is 16.2. The van der Waals surface area contributed by atoms with Gasteiger partial charge in [0, 0.05) is 36.3 Å². The van der Waals surface area contributed by atoms with E-state index in [1.54, 1.807) is 20.3 Å². The Hall–Kier alpha value is -3.26. The molecule has 0 radical (unpaired) electrons. The van der Waals surface area contributed by atoms with Gasteiger partial charge in [-0.25, -0.2) is 9.97 Å². The van der Waals surface area contributed by atoms with Crippen molar-refractivity contribution in [1.82, 2.24) is 9.97 Å². The summed E-state index contributed by atoms with van der Waals surface area (Å²) in [6.45, 7) is 3.17. The molecule has 9 heteroatoms. The first-order valence-electron chi connectivity index (χ1n) is 11.1. The SMILES string of the molecule is COc1cc(OC)c(Cl)c(-c2ccc3cc(Nc4ccc(N5CCOCC5)nc4)ncc3c2)c1Cl. The van der Waals surface area contributed by atoms with Gasteiger partial charge in [0.2, 0.25) is 0 Å². The zero-order chi connectivity index (χ0) is 24.4. The number of hydrogen-bond donors (Lipinski definition) is 1. The molecule has 1 aliphatic rings. The van der Waals surface area contributed by atoms with Crippen molar-refractivity contribution in [2.75, 3.05) is 50.7 Å². The predicted octanol–water partition coefficient (Wildman–Crippen LogP) is 6.20. The Bertz CT molecular complexity index is 1330. The summed E-state index contributed by atoms with van der Waals surface area (Å²) in [5.74, 6) is 2.66. The lowest BCUT2D eigenvalue weighted by molar-refractivity contribution is 0.122. The van der Waals surface area contributed by atoms with Crippen molar-refractivity contribution in [2.45, 2.75) is 0 Å². The molecule has 0 spiro atoms. The normalized spacial score (nSPS) is 13.7. The Morgan fingerprint density at radius 1 is 0.857 bits per heavy atom. The first-order chi connectivity index (χ1) is 17.1. The molecule has 0 unspecified atom stereocenters. The number of methoxy groups -OCH3 is 2. The molecule has 0 amide bonds. The second kappa shape index (κ2) is 10.2. The van der Waals surface area contributed by atoms with Gasteiger partial charge < -0.3 is 24.4 Å². The van der Waals surface area contributed by atoms with E-state index >= 15 is 0 Å². The Labute approximate surface area is 213 Å². The van der Waals surface area contributed by atoms with E-state index < -0.39 is 0 Å². The van der Waals surface area contributed by atoms with E-state index in [1.807, 2.05) is 48.8 Å². The van der Waals surface area contributed by atoms with E-state index in [0.717, 1.165) is 60.0 Å². The lowest BCUT2D eigenvalue weighted by atomic mass is 10.0. The van der Waals surface area contributed by atoms with Crippen LogP contribution in [-0.2, 0) is 4.74 Å². The zero-order valence-corrected chi connectivity index (χ0v) is 20.9. The van der Waals surface area contributed by atoms with Gasteiger partial charge in [-0.1, -0.05) is 35.3 Å². The van der Waals surface area contributed by atoms with Gasteiger partial charge in [0.05, 0.1) is 49.4 Å². The molecule has 180 valence electrons. The molecule has 35 heavy (non-hydrogen) atoms. The molecule has 7 nitrogen and oxygen atoms in total. The Kier molecular flexibility index (Phi) is 6.81. The fraction of sp³-hybridized carbons (Fsp3) is 0.231. The second-order valence-corrected chi connectivity index (χ2v) is 8.80. The first kappa shape index (κ1) is 23.5. The number of pyridine rings is 2. The Morgan fingerprint density at radius 3 is 2.26 bits per heavy atom. The van der Waals surface area contributed by atoms with Crippen LogP contribution in [0.3, 0.4) is 0 Å². The largest absolute Gasteiger partial charge is 0.495 e. The zero-order valence-electron chi connectivity index (χ0n) is 19.3. The average Bonchev–Trinajstić information content (AvgIpc) is 2.90. The first-order valence-corrected chi connectivity index (χ1v) is 11.9. The number of ether oxygens (including phenoxy) is 3. The highest BCUT2D eigenvalue weighted by molar-refractivity contribution is 6.41. The van der Waals surface area contributed by atoms with Crippen molar-refractivity contribution in [1.29, 1.82) is 0 Å². The van der Waals surface area contributed by atoms with Crippen molar-refractivity contribution in [3.63, 3.8) is 0 Å². The molecule has 1 aliphatic heterocycles. The smallest absolute Gasteiger partial charge is 0.141 e. The minimum Gasteiger partial charge on any atom is -0.495 e.